The molecule has 0 radical (unpaired) electrons. The van der Waals surface area contributed by atoms with E-state index in [1.54, 1.807) is 6.07 Å². The molecule has 0 atom stereocenters. The third-order valence-electron chi connectivity index (χ3n) is 6.47. The summed E-state index contributed by atoms with van der Waals surface area (Å²) in [5, 5.41) is 12.4. The van der Waals surface area contributed by atoms with Crippen LogP contribution in [0.5, 0.6) is 0 Å². The van der Waals surface area contributed by atoms with Crippen molar-refractivity contribution in [3.8, 4) is 11.3 Å². The van der Waals surface area contributed by atoms with Crippen LogP contribution in [0.2, 0.25) is 5.02 Å². The number of aryl methyl sites for hydroxylation is 1. The Labute approximate surface area is 207 Å². The van der Waals surface area contributed by atoms with Crippen LogP contribution in [-0.2, 0) is 7.05 Å². The summed E-state index contributed by atoms with van der Waals surface area (Å²) in [5.41, 5.74) is 3.38. The van der Waals surface area contributed by atoms with Crippen LogP contribution in [-0.4, -0.2) is 51.5 Å². The molecular formula is C26H24ClN5O3. The Bertz CT molecular complexity index is 1400. The second kappa shape index (κ2) is 9.38. The molecule has 35 heavy (non-hydrogen) atoms. The molecule has 1 aliphatic rings. The molecule has 2 aromatic heterocycles. The lowest BCUT2D eigenvalue weighted by Gasteiger charge is -2.23. The second-order valence-electron chi connectivity index (χ2n) is 8.57. The maximum Gasteiger partial charge on any atom is 0.287 e. The van der Waals surface area contributed by atoms with E-state index in [0.717, 1.165) is 28.6 Å². The van der Waals surface area contributed by atoms with Gasteiger partial charge in [-0.2, -0.15) is 0 Å². The van der Waals surface area contributed by atoms with Crippen molar-refractivity contribution in [1.29, 1.82) is 0 Å². The smallest absolute Gasteiger partial charge is 0.287 e. The molecule has 0 bridgehead atoms. The van der Waals surface area contributed by atoms with Gasteiger partial charge in [0.1, 0.15) is 12.0 Å². The Kier molecular flexibility index (Phi) is 6.13. The predicted octanol–water partition coefficient (Wildman–Crippen LogP) is 5.15. The summed E-state index contributed by atoms with van der Waals surface area (Å²) in [5.74, 6) is 0.657. The molecule has 8 nitrogen and oxygen atoms in total. The molecule has 1 aliphatic heterocycles. The van der Waals surface area contributed by atoms with Crippen LogP contribution in [0.15, 0.2) is 66.9 Å². The van der Waals surface area contributed by atoms with E-state index >= 15 is 0 Å². The second-order valence-corrected chi connectivity index (χ2v) is 9.01. The van der Waals surface area contributed by atoms with Crippen LogP contribution in [0.1, 0.15) is 16.8 Å². The number of nitrogens with zero attached hydrogens (tertiary/aromatic N) is 5. The number of benzene rings is 2. The molecule has 2 aromatic carbocycles. The number of aromatic nitrogens is 2. The summed E-state index contributed by atoms with van der Waals surface area (Å²) < 4.78 is 2.04. The molecule has 1 saturated heterocycles. The van der Waals surface area contributed by atoms with E-state index in [0.29, 0.717) is 42.6 Å². The number of hydrogen-bond donors (Lipinski definition) is 0. The van der Waals surface area contributed by atoms with Crippen molar-refractivity contribution < 1.29 is 9.72 Å². The maximum atomic E-state index is 14.0. The van der Waals surface area contributed by atoms with Crippen molar-refractivity contribution in [3.63, 3.8) is 0 Å². The molecule has 5 rings (SSSR count). The molecule has 0 aliphatic carbocycles. The molecule has 0 saturated carbocycles. The van der Waals surface area contributed by atoms with Gasteiger partial charge in [-0.05, 0) is 30.2 Å². The molecule has 4 aromatic rings. The van der Waals surface area contributed by atoms with E-state index in [9.17, 15) is 14.9 Å². The number of nitro groups is 1. The van der Waals surface area contributed by atoms with E-state index in [1.165, 1.54) is 12.3 Å². The molecule has 1 amide bonds. The zero-order valence-electron chi connectivity index (χ0n) is 19.2. The highest BCUT2D eigenvalue weighted by Crippen LogP contribution is 2.35. The summed E-state index contributed by atoms with van der Waals surface area (Å²) in [6.07, 6.45) is 2.04. The summed E-state index contributed by atoms with van der Waals surface area (Å²) >= 11 is 6.29. The Hall–Kier alpha value is -3.91. The van der Waals surface area contributed by atoms with Gasteiger partial charge in [0.05, 0.1) is 21.7 Å². The van der Waals surface area contributed by atoms with Crippen LogP contribution in [0.3, 0.4) is 0 Å². The molecule has 178 valence electrons. The fraction of sp³-hybridized carbons (Fsp3) is 0.231. The first-order chi connectivity index (χ1) is 16.9. The SMILES string of the molecule is Cn1c(-c2ccccc2)c(C(=O)N2CCCN(c3ccc([N+](=O)[O-])cn3)CC2)c2ccc(Cl)cc21. The highest BCUT2D eigenvalue weighted by molar-refractivity contribution is 6.31. The van der Waals surface area contributed by atoms with Gasteiger partial charge in [-0.25, -0.2) is 4.98 Å². The first-order valence-corrected chi connectivity index (χ1v) is 11.8. The van der Waals surface area contributed by atoms with Crippen LogP contribution in [0.25, 0.3) is 22.2 Å². The van der Waals surface area contributed by atoms with Crippen LogP contribution < -0.4 is 4.90 Å². The molecule has 0 N–H and O–H groups in total. The minimum atomic E-state index is -0.457. The third-order valence-corrected chi connectivity index (χ3v) is 6.71. The lowest BCUT2D eigenvalue weighted by atomic mass is 10.0. The Morgan fingerprint density at radius 3 is 2.54 bits per heavy atom. The van der Waals surface area contributed by atoms with Gasteiger partial charge >= 0.3 is 0 Å². The average Bonchev–Trinajstić information content (AvgIpc) is 3.01. The quantitative estimate of drug-likeness (QED) is 0.292. The highest BCUT2D eigenvalue weighted by atomic mass is 35.5. The third kappa shape index (κ3) is 4.33. The van der Waals surface area contributed by atoms with Gasteiger partial charge in [-0.15, -0.1) is 0 Å². The minimum absolute atomic E-state index is 0.0183. The summed E-state index contributed by atoms with van der Waals surface area (Å²) in [7, 11) is 1.96. The number of halogens is 1. The van der Waals surface area contributed by atoms with Gasteiger partial charge in [-0.1, -0.05) is 48.0 Å². The number of hydrogen-bond acceptors (Lipinski definition) is 5. The zero-order chi connectivity index (χ0) is 24.5. The predicted molar refractivity (Wildman–Crippen MR) is 137 cm³/mol. The number of carbonyl (C=O) groups is 1. The lowest BCUT2D eigenvalue weighted by molar-refractivity contribution is -0.385. The van der Waals surface area contributed by atoms with Crippen LogP contribution >= 0.6 is 11.6 Å². The minimum Gasteiger partial charge on any atom is -0.355 e. The van der Waals surface area contributed by atoms with Crippen LogP contribution in [0, 0.1) is 10.1 Å². The number of pyridine rings is 1. The van der Waals surface area contributed by atoms with E-state index in [2.05, 4.69) is 9.88 Å². The Morgan fingerprint density at radius 2 is 1.83 bits per heavy atom. The lowest BCUT2D eigenvalue weighted by Crippen LogP contribution is -2.35. The molecular weight excluding hydrogens is 466 g/mol. The van der Waals surface area contributed by atoms with Gasteiger partial charge in [0.25, 0.3) is 11.6 Å². The Morgan fingerprint density at radius 1 is 1.03 bits per heavy atom. The van der Waals surface area contributed by atoms with Crippen LogP contribution in [0.4, 0.5) is 11.5 Å². The fourth-order valence-corrected chi connectivity index (χ4v) is 4.91. The number of carbonyl (C=O) groups excluding carboxylic acids is 1. The number of fused-ring (bicyclic) bond motifs is 1. The summed E-state index contributed by atoms with van der Waals surface area (Å²) in [6, 6.07) is 18.7. The molecule has 0 unspecified atom stereocenters. The highest BCUT2D eigenvalue weighted by Gasteiger charge is 2.28. The monoisotopic (exact) mass is 489 g/mol. The fourth-order valence-electron chi connectivity index (χ4n) is 4.74. The average molecular weight is 490 g/mol. The Balaban J connectivity index is 1.47. The van der Waals surface area contributed by atoms with Crippen molar-refractivity contribution in [3.05, 3.63) is 87.6 Å². The first kappa shape index (κ1) is 22.9. The maximum absolute atomic E-state index is 14.0. The molecule has 0 spiro atoms. The number of amides is 1. The summed E-state index contributed by atoms with van der Waals surface area (Å²) in [4.78, 5) is 32.7. The van der Waals surface area contributed by atoms with E-state index in [-0.39, 0.29) is 11.6 Å². The standard InChI is InChI=1S/C26H24ClN5O3/c1-29-22-16-19(27)8-10-21(22)24(25(29)18-6-3-2-4-7-18)26(33)31-13-5-12-30(14-15-31)23-11-9-20(17-28-23)32(34)35/h2-4,6-11,16-17H,5,12-15H2,1H3. The molecule has 3 heterocycles. The van der Waals surface area contributed by atoms with E-state index < -0.39 is 4.92 Å². The van der Waals surface area contributed by atoms with E-state index in [4.69, 9.17) is 11.6 Å². The van der Waals surface area contributed by atoms with E-state index in [1.807, 2.05) is 65.0 Å². The number of anilines is 1. The van der Waals surface area contributed by atoms with Gasteiger partial charge in [0.2, 0.25) is 0 Å². The van der Waals surface area contributed by atoms with Crippen molar-refractivity contribution >= 4 is 39.9 Å². The van der Waals surface area contributed by atoms with Crippen molar-refractivity contribution in [2.75, 3.05) is 31.1 Å². The zero-order valence-corrected chi connectivity index (χ0v) is 20.0. The van der Waals surface area contributed by atoms with Gasteiger partial charge < -0.3 is 14.4 Å². The normalized spacial score (nSPS) is 14.2. The first-order valence-electron chi connectivity index (χ1n) is 11.4. The molecule has 1 fully saturated rings. The van der Waals surface area contributed by atoms with Crippen molar-refractivity contribution in [2.24, 2.45) is 7.05 Å². The van der Waals surface area contributed by atoms with Crippen molar-refractivity contribution in [1.82, 2.24) is 14.5 Å². The molecule has 9 heteroatoms. The summed E-state index contributed by atoms with van der Waals surface area (Å²) in [6.45, 7) is 2.44. The van der Waals surface area contributed by atoms with Crippen molar-refractivity contribution in [2.45, 2.75) is 6.42 Å². The van der Waals surface area contributed by atoms with Gasteiger partial charge in [-0.3, -0.25) is 14.9 Å². The topological polar surface area (TPSA) is 84.5 Å². The number of rotatable bonds is 4. The van der Waals surface area contributed by atoms with Gasteiger partial charge in [0.15, 0.2) is 0 Å². The van der Waals surface area contributed by atoms with Gasteiger partial charge in [0, 0.05) is 49.7 Å². The largest absolute Gasteiger partial charge is 0.355 e.